The molecule has 3 N–H and O–H groups in total. The van der Waals surface area contributed by atoms with Crippen molar-refractivity contribution in [1.29, 1.82) is 0 Å². The van der Waals surface area contributed by atoms with E-state index in [1.807, 2.05) is 0 Å². The number of carbonyl (C=O) groups excluding carboxylic acids is 1. The molecule has 2 rings (SSSR count). The van der Waals surface area contributed by atoms with Crippen molar-refractivity contribution in [2.75, 3.05) is 5.32 Å². The van der Waals surface area contributed by atoms with Gasteiger partial charge in [0.25, 0.3) is 5.91 Å². The number of hydrogen-bond donors (Lipinski definition) is 3. The van der Waals surface area contributed by atoms with Crippen molar-refractivity contribution < 1.29 is 13.2 Å². The Morgan fingerprint density at radius 1 is 1.24 bits per heavy atom. The van der Waals surface area contributed by atoms with Crippen molar-refractivity contribution in [2.24, 2.45) is 0 Å². The van der Waals surface area contributed by atoms with Crippen LogP contribution < -0.4 is 10.0 Å². The van der Waals surface area contributed by atoms with Crippen LogP contribution in [-0.4, -0.2) is 35.5 Å². The molecule has 0 bridgehead atoms. The topological polar surface area (TPSA) is 117 Å². The van der Waals surface area contributed by atoms with Crippen LogP contribution in [0.2, 0.25) is 0 Å². The Kier molecular flexibility index (Phi) is 4.34. The molecule has 0 saturated carbocycles. The fraction of sp³-hybridized carbons (Fsp3) is 0.250. The van der Waals surface area contributed by atoms with Crippen LogP contribution >= 0.6 is 0 Å². The molecule has 112 valence electrons. The van der Waals surface area contributed by atoms with Gasteiger partial charge in [-0.1, -0.05) is 0 Å². The van der Waals surface area contributed by atoms with Gasteiger partial charge in [-0.3, -0.25) is 9.89 Å². The number of H-pyrrole nitrogens is 1. The predicted octanol–water partition coefficient (Wildman–Crippen LogP) is 0.744. The number of nitrogens with one attached hydrogen (secondary N) is 3. The molecule has 1 heterocycles. The van der Waals surface area contributed by atoms with Crippen molar-refractivity contribution in [2.45, 2.75) is 24.8 Å². The monoisotopic (exact) mass is 309 g/mol. The van der Waals surface area contributed by atoms with E-state index >= 15 is 0 Å². The van der Waals surface area contributed by atoms with Crippen LogP contribution in [0.3, 0.4) is 0 Å². The number of nitrogens with zero attached hydrogens (tertiary/aromatic N) is 2. The largest absolute Gasteiger partial charge is 0.319 e. The van der Waals surface area contributed by atoms with Crippen LogP contribution in [0.1, 0.15) is 24.5 Å². The quantitative estimate of drug-likeness (QED) is 0.753. The standard InChI is InChI=1S/C12H15N5O3S/c1-8(2)17-21(19,20)10-5-3-9(4-6-10)15-12(18)11-13-7-14-16-11/h3-8,17H,1-2H3,(H,15,18)(H,13,14,16). The number of amides is 1. The fourth-order valence-corrected chi connectivity index (χ4v) is 2.85. The Hall–Kier alpha value is -2.26. The maximum atomic E-state index is 11.9. The molecule has 0 aliphatic rings. The Bertz CT molecular complexity index is 708. The lowest BCUT2D eigenvalue weighted by Gasteiger charge is -2.10. The highest BCUT2D eigenvalue weighted by atomic mass is 32.2. The van der Waals surface area contributed by atoms with Crippen molar-refractivity contribution in [3.8, 4) is 0 Å². The van der Waals surface area contributed by atoms with Crippen LogP contribution in [0.15, 0.2) is 35.5 Å². The lowest BCUT2D eigenvalue weighted by Crippen LogP contribution is -2.30. The van der Waals surface area contributed by atoms with Gasteiger partial charge in [-0.05, 0) is 38.1 Å². The van der Waals surface area contributed by atoms with Gasteiger partial charge >= 0.3 is 0 Å². The van der Waals surface area contributed by atoms with Gasteiger partial charge in [-0.2, -0.15) is 5.10 Å². The molecule has 0 saturated heterocycles. The van der Waals surface area contributed by atoms with Crippen molar-refractivity contribution >= 4 is 21.6 Å². The molecule has 0 unspecified atom stereocenters. The molecule has 2 aromatic rings. The highest BCUT2D eigenvalue weighted by molar-refractivity contribution is 7.89. The summed E-state index contributed by atoms with van der Waals surface area (Å²) in [5.41, 5.74) is 0.458. The molecule has 21 heavy (non-hydrogen) atoms. The molecule has 1 amide bonds. The number of aromatic amines is 1. The molecule has 0 spiro atoms. The normalized spacial score (nSPS) is 11.6. The fourth-order valence-electron chi connectivity index (χ4n) is 1.60. The van der Waals surface area contributed by atoms with Crippen LogP contribution in [0, 0.1) is 0 Å². The number of hydrogen-bond acceptors (Lipinski definition) is 5. The first-order valence-corrected chi connectivity index (χ1v) is 7.66. The van der Waals surface area contributed by atoms with Gasteiger partial charge in [0.1, 0.15) is 6.33 Å². The maximum Gasteiger partial charge on any atom is 0.292 e. The number of benzene rings is 1. The van der Waals surface area contributed by atoms with Crippen LogP contribution in [0.5, 0.6) is 0 Å². The highest BCUT2D eigenvalue weighted by Crippen LogP contribution is 2.14. The number of carbonyl (C=O) groups is 1. The zero-order valence-electron chi connectivity index (χ0n) is 11.5. The highest BCUT2D eigenvalue weighted by Gasteiger charge is 2.15. The molecule has 0 radical (unpaired) electrons. The summed E-state index contributed by atoms with van der Waals surface area (Å²) >= 11 is 0. The predicted molar refractivity (Wildman–Crippen MR) is 76.2 cm³/mol. The number of rotatable bonds is 5. The van der Waals surface area contributed by atoms with Gasteiger partial charge in [0.2, 0.25) is 15.8 Å². The summed E-state index contributed by atoms with van der Waals surface area (Å²) in [5.74, 6) is -0.378. The van der Waals surface area contributed by atoms with Crippen LogP contribution in [0.25, 0.3) is 0 Å². The number of sulfonamides is 1. The van der Waals surface area contributed by atoms with E-state index in [1.165, 1.54) is 30.6 Å². The van der Waals surface area contributed by atoms with Gasteiger partial charge in [0.15, 0.2) is 0 Å². The molecule has 0 atom stereocenters. The molecular weight excluding hydrogens is 294 g/mol. The van der Waals surface area contributed by atoms with Gasteiger partial charge in [0.05, 0.1) is 4.90 Å². The minimum Gasteiger partial charge on any atom is -0.319 e. The molecule has 9 heteroatoms. The second-order valence-corrected chi connectivity index (χ2v) is 6.30. The zero-order valence-corrected chi connectivity index (χ0v) is 12.3. The van der Waals surface area contributed by atoms with Crippen LogP contribution in [0.4, 0.5) is 5.69 Å². The third kappa shape index (κ3) is 3.86. The average Bonchev–Trinajstić information content (AvgIpc) is 2.91. The van der Waals surface area contributed by atoms with E-state index in [0.717, 1.165) is 0 Å². The smallest absolute Gasteiger partial charge is 0.292 e. The van der Waals surface area contributed by atoms with Gasteiger partial charge in [-0.25, -0.2) is 18.1 Å². The summed E-state index contributed by atoms with van der Waals surface area (Å²) in [7, 11) is -3.54. The lowest BCUT2D eigenvalue weighted by molar-refractivity contribution is 0.101. The third-order valence-electron chi connectivity index (χ3n) is 2.44. The van der Waals surface area contributed by atoms with Gasteiger partial charge in [-0.15, -0.1) is 0 Å². The Labute approximate surface area is 122 Å². The summed E-state index contributed by atoms with van der Waals surface area (Å²) in [6, 6.07) is 5.65. The van der Waals surface area contributed by atoms with Gasteiger partial charge in [0, 0.05) is 11.7 Å². The summed E-state index contributed by atoms with van der Waals surface area (Å²) in [6.45, 7) is 3.48. The molecule has 0 aliphatic carbocycles. The minimum atomic E-state index is -3.54. The number of anilines is 1. The molecule has 1 aromatic heterocycles. The van der Waals surface area contributed by atoms with E-state index < -0.39 is 15.9 Å². The minimum absolute atomic E-state index is 0.0770. The van der Waals surface area contributed by atoms with Crippen molar-refractivity contribution in [3.05, 3.63) is 36.4 Å². The summed E-state index contributed by atoms with van der Waals surface area (Å²) in [5, 5.41) is 8.59. The third-order valence-corrected chi connectivity index (χ3v) is 4.12. The Morgan fingerprint density at radius 3 is 2.43 bits per heavy atom. The first-order chi connectivity index (χ1) is 9.88. The van der Waals surface area contributed by atoms with Crippen molar-refractivity contribution in [1.82, 2.24) is 19.9 Å². The average molecular weight is 309 g/mol. The number of aromatic nitrogens is 3. The Balaban J connectivity index is 2.11. The molecule has 0 aliphatic heterocycles. The van der Waals surface area contributed by atoms with E-state index in [0.29, 0.717) is 5.69 Å². The van der Waals surface area contributed by atoms with Gasteiger partial charge < -0.3 is 5.32 Å². The molecule has 0 fully saturated rings. The van der Waals surface area contributed by atoms with E-state index in [1.54, 1.807) is 13.8 Å². The second kappa shape index (κ2) is 6.02. The summed E-state index contributed by atoms with van der Waals surface area (Å²) in [4.78, 5) is 15.6. The molecule has 1 aromatic carbocycles. The van der Waals surface area contributed by atoms with E-state index in [2.05, 4.69) is 25.2 Å². The van der Waals surface area contributed by atoms with Crippen molar-refractivity contribution in [3.63, 3.8) is 0 Å². The van der Waals surface area contributed by atoms with E-state index in [9.17, 15) is 13.2 Å². The van der Waals surface area contributed by atoms with Crippen LogP contribution in [-0.2, 0) is 10.0 Å². The second-order valence-electron chi connectivity index (χ2n) is 4.59. The maximum absolute atomic E-state index is 11.9. The molecular formula is C12H15N5O3S. The lowest BCUT2D eigenvalue weighted by atomic mass is 10.3. The first kappa shape index (κ1) is 15.1. The molecule has 8 nitrogen and oxygen atoms in total. The zero-order chi connectivity index (χ0) is 15.5. The summed E-state index contributed by atoms with van der Waals surface area (Å²) in [6.07, 6.45) is 1.22. The summed E-state index contributed by atoms with van der Waals surface area (Å²) < 4.78 is 26.4. The van der Waals surface area contributed by atoms with E-state index in [4.69, 9.17) is 0 Å². The SMILES string of the molecule is CC(C)NS(=O)(=O)c1ccc(NC(=O)c2ncn[nH]2)cc1. The first-order valence-electron chi connectivity index (χ1n) is 6.17. The Morgan fingerprint density at radius 2 is 1.90 bits per heavy atom. The van der Waals surface area contributed by atoms with E-state index in [-0.39, 0.29) is 16.8 Å².